The minimum absolute atomic E-state index is 0.0809. The number of likely N-dealkylation sites (tertiary alicyclic amines) is 1. The predicted octanol–water partition coefficient (Wildman–Crippen LogP) is 1.79. The third-order valence-electron chi connectivity index (χ3n) is 9.18. The summed E-state index contributed by atoms with van der Waals surface area (Å²) in [6.07, 6.45) is -0.746. The van der Waals surface area contributed by atoms with Crippen LogP contribution >= 0.6 is 0 Å². The number of carboxylic acids is 2. The predicted molar refractivity (Wildman–Crippen MR) is 171 cm³/mol. The van der Waals surface area contributed by atoms with E-state index in [4.69, 9.17) is 30.1 Å². The molecule has 4 aromatic rings. The number of halogens is 2. The van der Waals surface area contributed by atoms with Crippen LogP contribution in [-0.4, -0.2) is 124 Å². The summed E-state index contributed by atoms with van der Waals surface area (Å²) >= 11 is 0. The van der Waals surface area contributed by atoms with Crippen molar-refractivity contribution in [3.63, 3.8) is 0 Å². The van der Waals surface area contributed by atoms with Crippen LogP contribution in [0.3, 0.4) is 0 Å². The average molecular weight is 699 g/mol. The number of aliphatic hydroxyl groups is 2. The van der Waals surface area contributed by atoms with Crippen molar-refractivity contribution < 1.29 is 53.4 Å². The van der Waals surface area contributed by atoms with Crippen molar-refractivity contribution in [2.75, 3.05) is 26.2 Å². The zero-order chi connectivity index (χ0) is 35.9. The number of nitrogens with zero attached hydrogens (tertiary/aromatic N) is 4. The number of aryl methyl sites for hydroxylation is 1. The molecule has 266 valence electrons. The minimum atomic E-state index is -2.27. The zero-order valence-electron chi connectivity index (χ0n) is 26.9. The van der Waals surface area contributed by atoms with Gasteiger partial charge < -0.3 is 40.2 Å². The van der Waals surface area contributed by atoms with E-state index in [1.807, 2.05) is 11.8 Å². The first-order valence-electron chi connectivity index (χ1n) is 16.1. The number of aliphatic carboxylic acids is 2. The first kappa shape index (κ1) is 34.9. The number of morpholine rings is 1. The Morgan fingerprint density at radius 3 is 2.34 bits per heavy atom. The van der Waals surface area contributed by atoms with Gasteiger partial charge in [-0.2, -0.15) is 5.10 Å². The number of hydrogen-bond acceptors (Lipinski definition) is 10. The minimum Gasteiger partial charge on any atom is -0.505 e. The quantitative estimate of drug-likeness (QED) is 0.140. The second kappa shape index (κ2) is 14.1. The Balaban J connectivity index is 0.000000379. The standard InChI is InChI=1S/C29H30F2N6O3.C4H6O6/c1-2-15-9-25(38)20(30)10-19(15)16-7-21(31)27-23(8-16)34-35-28(27)29-32-22-5-6-37(13-24(22)33-29)26(39)14-36-11-17-3-4-18(12-36)40-17;5-1(3(7)8)2(6)4(9)10/h7-10,17-18,38H,2-6,11-14H2,1H3,(H,32,33)(H,34,35);1-2,5-6H,(H,7,8)(H,9,10). The van der Waals surface area contributed by atoms with Gasteiger partial charge in [0.15, 0.2) is 29.6 Å². The van der Waals surface area contributed by atoms with Crippen molar-refractivity contribution in [3.8, 4) is 28.4 Å². The van der Waals surface area contributed by atoms with E-state index >= 15 is 4.39 Å². The van der Waals surface area contributed by atoms with Crippen LogP contribution in [0.15, 0.2) is 24.3 Å². The van der Waals surface area contributed by atoms with Gasteiger partial charge >= 0.3 is 11.9 Å². The van der Waals surface area contributed by atoms with Crippen molar-refractivity contribution in [2.24, 2.45) is 0 Å². The van der Waals surface area contributed by atoms with Crippen molar-refractivity contribution in [1.29, 1.82) is 0 Å². The molecule has 7 rings (SSSR count). The third-order valence-corrected chi connectivity index (χ3v) is 9.18. The van der Waals surface area contributed by atoms with Crippen LogP contribution in [0.1, 0.15) is 36.7 Å². The molecule has 3 aliphatic rings. The maximum atomic E-state index is 15.5. The van der Waals surface area contributed by atoms with Crippen LogP contribution in [0.25, 0.3) is 33.5 Å². The number of aromatic hydroxyl groups is 1. The fourth-order valence-corrected chi connectivity index (χ4v) is 6.61. The van der Waals surface area contributed by atoms with Gasteiger partial charge in [0, 0.05) is 31.7 Å². The summed E-state index contributed by atoms with van der Waals surface area (Å²) in [4.78, 5) is 44.7. The molecule has 0 spiro atoms. The summed E-state index contributed by atoms with van der Waals surface area (Å²) in [5.74, 6) is -4.73. The summed E-state index contributed by atoms with van der Waals surface area (Å²) in [7, 11) is 0. The highest BCUT2D eigenvalue weighted by Crippen LogP contribution is 2.36. The number of carbonyl (C=O) groups excluding carboxylic acids is 1. The van der Waals surface area contributed by atoms with E-state index in [1.165, 1.54) is 18.2 Å². The topological polar surface area (TPSA) is 225 Å². The Labute approximate surface area is 283 Å². The number of rotatable bonds is 8. The van der Waals surface area contributed by atoms with Gasteiger partial charge in [-0.3, -0.25) is 14.8 Å². The molecule has 2 fully saturated rings. The number of aromatic nitrogens is 4. The number of phenolic OH excluding ortho intramolecular Hbond substituents is 1. The van der Waals surface area contributed by atoms with E-state index in [9.17, 15) is 23.9 Å². The molecular formula is C33H36F2N6O9. The molecule has 2 saturated heterocycles. The Kier molecular flexibility index (Phi) is 9.84. The fourth-order valence-electron chi connectivity index (χ4n) is 6.61. The van der Waals surface area contributed by atoms with E-state index in [1.54, 1.807) is 6.07 Å². The Hall–Kier alpha value is -4.97. The van der Waals surface area contributed by atoms with Gasteiger partial charge in [0.1, 0.15) is 11.5 Å². The number of phenols is 1. The summed E-state index contributed by atoms with van der Waals surface area (Å²) in [6.45, 7) is 4.85. The Bertz CT molecular complexity index is 1920. The van der Waals surface area contributed by atoms with Gasteiger partial charge in [-0.05, 0) is 60.2 Å². The smallest absolute Gasteiger partial charge is 0.335 e. The van der Waals surface area contributed by atoms with Gasteiger partial charge in [-0.1, -0.05) is 6.92 Å². The summed E-state index contributed by atoms with van der Waals surface area (Å²) < 4.78 is 35.6. The molecule has 4 unspecified atom stereocenters. The van der Waals surface area contributed by atoms with E-state index in [-0.39, 0.29) is 23.5 Å². The zero-order valence-corrected chi connectivity index (χ0v) is 26.9. The van der Waals surface area contributed by atoms with Crippen LogP contribution in [0.2, 0.25) is 0 Å². The van der Waals surface area contributed by atoms with Gasteiger partial charge in [-0.25, -0.2) is 23.4 Å². The molecule has 0 aliphatic carbocycles. The summed E-state index contributed by atoms with van der Waals surface area (Å²) in [6, 6.07) is 5.68. The summed E-state index contributed by atoms with van der Waals surface area (Å²) in [5.41, 5.74) is 4.18. The number of fused-ring (bicyclic) bond motifs is 4. The molecule has 0 radical (unpaired) electrons. The molecule has 3 aliphatic heterocycles. The van der Waals surface area contributed by atoms with E-state index < -0.39 is 41.5 Å². The lowest BCUT2D eigenvalue weighted by Crippen LogP contribution is -2.48. The van der Waals surface area contributed by atoms with Crippen LogP contribution in [0.4, 0.5) is 8.78 Å². The van der Waals surface area contributed by atoms with Crippen LogP contribution in [0, 0.1) is 11.6 Å². The first-order chi connectivity index (χ1) is 23.8. The number of benzene rings is 2. The Morgan fingerprint density at radius 2 is 1.70 bits per heavy atom. The SMILES string of the molecule is CCc1cc(O)c(F)cc1-c1cc(F)c2c(-c3nc4c([nH]3)CCN(C(=O)CN3CC5CCC(C3)O5)C4)n[nH]c2c1.O=C(O)C(O)C(O)C(=O)O. The molecule has 5 heterocycles. The molecule has 7 N–H and O–H groups in total. The number of H-pyrrole nitrogens is 2. The molecule has 2 aromatic carbocycles. The lowest BCUT2D eigenvalue weighted by molar-refractivity contribution is -0.165. The van der Waals surface area contributed by atoms with Gasteiger partial charge in [0.05, 0.1) is 41.9 Å². The number of aromatic amines is 2. The van der Waals surface area contributed by atoms with E-state index in [2.05, 4.69) is 20.1 Å². The maximum Gasteiger partial charge on any atom is 0.335 e. The van der Waals surface area contributed by atoms with Crippen LogP contribution in [0.5, 0.6) is 5.75 Å². The molecule has 0 saturated carbocycles. The monoisotopic (exact) mass is 698 g/mol. The second-order valence-corrected chi connectivity index (χ2v) is 12.6. The molecule has 15 nitrogen and oxygen atoms in total. The van der Waals surface area contributed by atoms with E-state index in [0.29, 0.717) is 66.2 Å². The second-order valence-electron chi connectivity index (χ2n) is 12.6. The van der Waals surface area contributed by atoms with Crippen molar-refractivity contribution in [1.82, 2.24) is 30.0 Å². The lowest BCUT2D eigenvalue weighted by Gasteiger charge is -2.34. The number of carboxylic acid groups (broad SMARTS) is 2. The molecule has 50 heavy (non-hydrogen) atoms. The number of hydrogen-bond donors (Lipinski definition) is 7. The molecule has 2 bridgehead atoms. The normalized spacial score (nSPS) is 19.8. The van der Waals surface area contributed by atoms with E-state index in [0.717, 1.165) is 37.3 Å². The summed E-state index contributed by atoms with van der Waals surface area (Å²) in [5, 5.41) is 49.8. The highest BCUT2D eigenvalue weighted by atomic mass is 19.1. The van der Waals surface area contributed by atoms with Gasteiger partial charge in [0.25, 0.3) is 0 Å². The average Bonchev–Trinajstić information content (AvgIpc) is 3.80. The number of amides is 1. The van der Waals surface area contributed by atoms with Crippen molar-refractivity contribution in [2.45, 2.75) is 63.6 Å². The number of carbonyl (C=O) groups is 3. The van der Waals surface area contributed by atoms with Gasteiger partial charge in [-0.15, -0.1) is 0 Å². The number of aliphatic hydroxyl groups excluding tert-OH is 2. The fraction of sp³-hybridized carbons (Fsp3) is 0.424. The number of nitrogens with one attached hydrogen (secondary N) is 2. The number of imidazole rings is 1. The molecular weight excluding hydrogens is 662 g/mol. The molecule has 17 heteroatoms. The highest BCUT2D eigenvalue weighted by Gasteiger charge is 2.35. The lowest BCUT2D eigenvalue weighted by atomic mass is 9.96. The Morgan fingerprint density at radius 1 is 1.02 bits per heavy atom. The van der Waals surface area contributed by atoms with Gasteiger partial charge in [0.2, 0.25) is 5.91 Å². The first-order valence-corrected chi connectivity index (χ1v) is 16.1. The highest BCUT2D eigenvalue weighted by molar-refractivity contribution is 5.95. The molecule has 2 aromatic heterocycles. The molecule has 4 atom stereocenters. The van der Waals surface area contributed by atoms with Crippen LogP contribution < -0.4 is 0 Å². The van der Waals surface area contributed by atoms with Crippen molar-refractivity contribution in [3.05, 3.63) is 52.9 Å². The third kappa shape index (κ3) is 7.02. The number of ether oxygens (including phenoxy) is 1. The van der Waals surface area contributed by atoms with Crippen molar-refractivity contribution >= 4 is 28.7 Å². The largest absolute Gasteiger partial charge is 0.505 e. The maximum absolute atomic E-state index is 15.5. The molecule has 1 amide bonds. The van der Waals surface area contributed by atoms with Crippen LogP contribution in [-0.2, 0) is 38.5 Å².